The van der Waals surface area contributed by atoms with Crippen molar-refractivity contribution in [2.45, 2.75) is 25.7 Å². The van der Waals surface area contributed by atoms with Crippen molar-refractivity contribution >= 4 is 34.2 Å². The predicted molar refractivity (Wildman–Crippen MR) is 76.7 cm³/mol. The van der Waals surface area contributed by atoms with Gasteiger partial charge in [0.25, 0.3) is 0 Å². The molecule has 3 heteroatoms. The van der Waals surface area contributed by atoms with Crippen molar-refractivity contribution in [3.63, 3.8) is 0 Å². The Labute approximate surface area is 115 Å². The summed E-state index contributed by atoms with van der Waals surface area (Å²) in [6.07, 6.45) is 5.00. The number of benzene rings is 1. The van der Waals surface area contributed by atoms with Crippen LogP contribution < -0.4 is 5.32 Å². The van der Waals surface area contributed by atoms with Gasteiger partial charge >= 0.3 is 0 Å². The van der Waals surface area contributed by atoms with E-state index in [9.17, 15) is 4.79 Å². The number of fused-ring (bicyclic) bond motifs is 2. The molecule has 2 fully saturated rings. The van der Waals surface area contributed by atoms with Gasteiger partial charge in [-0.3, -0.25) is 4.79 Å². The fraction of sp³-hybridized carbons (Fsp3) is 0.500. The Morgan fingerprint density at radius 2 is 1.94 bits per heavy atom. The fourth-order valence-corrected chi connectivity index (χ4v) is 3.69. The van der Waals surface area contributed by atoms with Crippen molar-refractivity contribution in [2.75, 3.05) is 5.32 Å². The van der Waals surface area contributed by atoms with Crippen LogP contribution in [0.15, 0.2) is 24.3 Å². The van der Waals surface area contributed by atoms with Gasteiger partial charge in [0.15, 0.2) is 0 Å². The Kier molecular flexibility index (Phi) is 3.11. The number of halogens is 1. The summed E-state index contributed by atoms with van der Waals surface area (Å²) >= 11 is 2.27. The fourth-order valence-electron chi connectivity index (χ4n) is 3.33. The lowest BCUT2D eigenvalue weighted by Crippen LogP contribution is -2.27. The maximum absolute atomic E-state index is 12.2. The number of nitrogens with one attached hydrogen (secondary N) is 1. The lowest BCUT2D eigenvalue weighted by Gasteiger charge is -2.20. The summed E-state index contributed by atoms with van der Waals surface area (Å²) in [5.74, 6) is 1.99. The molecule has 0 aromatic heterocycles. The van der Waals surface area contributed by atoms with Crippen molar-refractivity contribution < 1.29 is 4.79 Å². The Morgan fingerprint density at radius 3 is 2.53 bits per heavy atom. The summed E-state index contributed by atoms with van der Waals surface area (Å²) in [7, 11) is 0. The highest BCUT2D eigenvalue weighted by Gasteiger charge is 2.42. The topological polar surface area (TPSA) is 29.1 Å². The minimum absolute atomic E-state index is 0.235. The molecule has 3 atom stereocenters. The van der Waals surface area contributed by atoms with Crippen molar-refractivity contribution in [3.8, 4) is 0 Å². The molecule has 0 spiro atoms. The van der Waals surface area contributed by atoms with E-state index in [2.05, 4.69) is 27.9 Å². The molecule has 90 valence electrons. The predicted octanol–water partition coefficient (Wildman–Crippen LogP) is 3.67. The van der Waals surface area contributed by atoms with Crippen LogP contribution in [0.3, 0.4) is 0 Å². The average molecular weight is 341 g/mol. The minimum atomic E-state index is 0.235. The first-order valence-electron chi connectivity index (χ1n) is 6.29. The highest BCUT2D eigenvalue weighted by molar-refractivity contribution is 14.1. The van der Waals surface area contributed by atoms with E-state index in [-0.39, 0.29) is 11.8 Å². The highest BCUT2D eigenvalue weighted by Crippen LogP contribution is 2.48. The molecular formula is C14H16INO. The Balaban J connectivity index is 1.65. The Bertz CT molecular complexity index is 428. The third-order valence-electron chi connectivity index (χ3n) is 4.19. The number of hydrogen-bond acceptors (Lipinski definition) is 1. The smallest absolute Gasteiger partial charge is 0.227 e. The largest absolute Gasteiger partial charge is 0.326 e. The van der Waals surface area contributed by atoms with Gasteiger partial charge in [-0.25, -0.2) is 0 Å². The van der Waals surface area contributed by atoms with Crippen LogP contribution in [0.4, 0.5) is 5.69 Å². The molecule has 2 saturated carbocycles. The number of rotatable bonds is 2. The van der Waals surface area contributed by atoms with Gasteiger partial charge in [0.2, 0.25) is 5.91 Å². The highest BCUT2D eigenvalue weighted by atomic mass is 127. The SMILES string of the molecule is O=C(Nc1ccc(I)cc1)[C@H]1C[C@H]2CC[C@H]1C2. The first-order chi connectivity index (χ1) is 8.22. The minimum Gasteiger partial charge on any atom is -0.326 e. The molecule has 2 bridgehead atoms. The van der Waals surface area contributed by atoms with Gasteiger partial charge < -0.3 is 5.32 Å². The molecule has 1 aromatic carbocycles. The third-order valence-corrected chi connectivity index (χ3v) is 4.91. The first-order valence-corrected chi connectivity index (χ1v) is 7.36. The standard InChI is InChI=1S/C14H16INO/c15-11-3-5-12(6-4-11)16-14(17)13-8-9-1-2-10(13)7-9/h3-6,9-10,13H,1-2,7-8H2,(H,16,17)/t9-,10-,13-/m0/s1. The van der Waals surface area contributed by atoms with Gasteiger partial charge in [0.1, 0.15) is 0 Å². The molecule has 2 aliphatic carbocycles. The monoisotopic (exact) mass is 341 g/mol. The molecule has 0 heterocycles. The van der Waals surface area contributed by atoms with Gasteiger partial charge in [0.05, 0.1) is 0 Å². The van der Waals surface area contributed by atoms with Crippen LogP contribution in [0.1, 0.15) is 25.7 Å². The van der Waals surface area contributed by atoms with Gasteiger partial charge in [-0.2, -0.15) is 0 Å². The van der Waals surface area contributed by atoms with E-state index in [1.165, 1.54) is 22.8 Å². The lowest BCUT2D eigenvalue weighted by atomic mass is 9.88. The van der Waals surface area contributed by atoms with E-state index in [1.807, 2.05) is 24.3 Å². The van der Waals surface area contributed by atoms with Crippen LogP contribution in [0.5, 0.6) is 0 Å². The summed E-state index contributed by atoms with van der Waals surface area (Å²) < 4.78 is 1.19. The maximum atomic E-state index is 12.2. The maximum Gasteiger partial charge on any atom is 0.227 e. The summed E-state index contributed by atoms with van der Waals surface area (Å²) in [6.45, 7) is 0. The normalized spacial score (nSPS) is 30.5. The molecule has 1 N–H and O–H groups in total. The zero-order valence-corrected chi connectivity index (χ0v) is 11.8. The zero-order valence-electron chi connectivity index (χ0n) is 9.66. The summed E-state index contributed by atoms with van der Waals surface area (Å²) in [4.78, 5) is 12.2. The van der Waals surface area contributed by atoms with E-state index >= 15 is 0 Å². The van der Waals surface area contributed by atoms with E-state index in [4.69, 9.17) is 0 Å². The molecule has 3 rings (SSSR count). The number of anilines is 1. The summed E-state index contributed by atoms with van der Waals surface area (Å²) in [5, 5.41) is 3.05. The molecule has 1 aromatic rings. The van der Waals surface area contributed by atoms with Gasteiger partial charge in [-0.05, 0) is 78.0 Å². The zero-order chi connectivity index (χ0) is 11.8. The van der Waals surface area contributed by atoms with Crippen molar-refractivity contribution in [3.05, 3.63) is 27.8 Å². The number of carbonyl (C=O) groups is 1. The molecule has 0 aliphatic heterocycles. The van der Waals surface area contributed by atoms with Gasteiger partial charge in [-0.15, -0.1) is 0 Å². The van der Waals surface area contributed by atoms with Crippen LogP contribution >= 0.6 is 22.6 Å². The molecule has 2 nitrogen and oxygen atoms in total. The lowest BCUT2D eigenvalue weighted by molar-refractivity contribution is -0.121. The van der Waals surface area contributed by atoms with Crippen molar-refractivity contribution in [1.82, 2.24) is 0 Å². The van der Waals surface area contributed by atoms with E-state index < -0.39 is 0 Å². The summed E-state index contributed by atoms with van der Waals surface area (Å²) in [5.41, 5.74) is 0.929. The summed E-state index contributed by atoms with van der Waals surface area (Å²) in [6, 6.07) is 8.01. The first kappa shape index (κ1) is 11.5. The van der Waals surface area contributed by atoms with Crippen molar-refractivity contribution in [2.24, 2.45) is 17.8 Å². The molecule has 1 amide bonds. The van der Waals surface area contributed by atoms with Crippen LogP contribution in [0.2, 0.25) is 0 Å². The van der Waals surface area contributed by atoms with E-state index in [0.29, 0.717) is 5.92 Å². The number of amides is 1. The quantitative estimate of drug-likeness (QED) is 0.818. The molecular weight excluding hydrogens is 325 g/mol. The van der Waals surface area contributed by atoms with E-state index in [0.717, 1.165) is 18.0 Å². The number of carbonyl (C=O) groups excluding carboxylic acids is 1. The van der Waals surface area contributed by atoms with E-state index in [1.54, 1.807) is 0 Å². The van der Waals surface area contributed by atoms with Gasteiger partial charge in [0, 0.05) is 15.2 Å². The average Bonchev–Trinajstić information content (AvgIpc) is 2.94. The van der Waals surface area contributed by atoms with Crippen LogP contribution in [0, 0.1) is 21.3 Å². The Morgan fingerprint density at radius 1 is 1.18 bits per heavy atom. The molecule has 0 saturated heterocycles. The van der Waals surface area contributed by atoms with Crippen LogP contribution in [-0.4, -0.2) is 5.91 Å². The Hall–Kier alpha value is -0.580. The third kappa shape index (κ3) is 2.34. The molecule has 2 aliphatic rings. The second kappa shape index (κ2) is 4.59. The van der Waals surface area contributed by atoms with Gasteiger partial charge in [-0.1, -0.05) is 6.42 Å². The number of hydrogen-bond donors (Lipinski definition) is 1. The van der Waals surface area contributed by atoms with Crippen LogP contribution in [-0.2, 0) is 4.79 Å². The second-order valence-corrected chi connectivity index (χ2v) is 6.52. The molecule has 0 unspecified atom stereocenters. The second-order valence-electron chi connectivity index (χ2n) is 5.28. The van der Waals surface area contributed by atoms with Crippen LogP contribution in [0.25, 0.3) is 0 Å². The van der Waals surface area contributed by atoms with Crippen molar-refractivity contribution in [1.29, 1.82) is 0 Å². The molecule has 0 radical (unpaired) electrons. The molecule has 17 heavy (non-hydrogen) atoms.